The van der Waals surface area contributed by atoms with Crippen LogP contribution in [0, 0.1) is 0 Å². The first kappa shape index (κ1) is 35.9. The molecule has 18 nitrogen and oxygen atoms in total. The van der Waals surface area contributed by atoms with Gasteiger partial charge in [0, 0.05) is 19.4 Å². The third kappa shape index (κ3) is 11.1. The Labute approximate surface area is 252 Å². The van der Waals surface area contributed by atoms with Crippen LogP contribution in [0.2, 0.25) is 0 Å². The van der Waals surface area contributed by atoms with Crippen molar-refractivity contribution < 1.29 is 53.7 Å². The molecule has 6 atom stereocenters. The first-order valence-corrected chi connectivity index (χ1v) is 14.3. The van der Waals surface area contributed by atoms with Gasteiger partial charge in [0.1, 0.15) is 24.2 Å². The van der Waals surface area contributed by atoms with E-state index in [2.05, 4.69) is 26.6 Å². The molecule has 0 aliphatic carbocycles. The molecule has 2 rings (SSSR count). The smallest absolute Gasteiger partial charge is 0.326 e. The topological polar surface area (TPSA) is 287 Å². The number of nitrogens with one attached hydrogen (secondary N) is 5. The molecular formula is C26H41N7O11. The van der Waals surface area contributed by atoms with Crippen LogP contribution in [0.1, 0.15) is 58.3 Å². The lowest BCUT2D eigenvalue weighted by molar-refractivity contribution is -0.145. The maximum absolute atomic E-state index is 13.4. The molecule has 2 heterocycles. The monoisotopic (exact) mass is 627 g/mol. The summed E-state index contributed by atoms with van der Waals surface area (Å²) in [6, 6.07) is -5.86. The van der Waals surface area contributed by atoms with Crippen LogP contribution in [0.5, 0.6) is 0 Å². The number of aliphatic hydroxyl groups is 1. The number of primary amides is 1. The van der Waals surface area contributed by atoms with E-state index in [0.717, 1.165) is 11.3 Å². The van der Waals surface area contributed by atoms with Crippen LogP contribution in [0.15, 0.2) is 0 Å². The van der Waals surface area contributed by atoms with E-state index in [1.165, 1.54) is 6.92 Å². The molecule has 2 aliphatic rings. The second-order valence-corrected chi connectivity index (χ2v) is 10.7. The van der Waals surface area contributed by atoms with Crippen LogP contribution in [0.4, 0.5) is 0 Å². The Bertz CT molecular complexity index is 1110. The number of hydrogen-bond acceptors (Lipinski definition) is 10. The summed E-state index contributed by atoms with van der Waals surface area (Å²) in [7, 11) is 0. The van der Waals surface area contributed by atoms with E-state index in [0.29, 0.717) is 19.4 Å². The average Bonchev–Trinajstić information content (AvgIpc) is 3.67. The third-order valence-corrected chi connectivity index (χ3v) is 7.28. The van der Waals surface area contributed by atoms with Crippen LogP contribution in [-0.2, 0) is 38.4 Å². The van der Waals surface area contributed by atoms with E-state index in [4.69, 9.17) is 10.8 Å². The van der Waals surface area contributed by atoms with Crippen molar-refractivity contribution >= 4 is 47.4 Å². The number of likely N-dealkylation sites (tertiary alicyclic amines) is 1. The van der Waals surface area contributed by atoms with Gasteiger partial charge in [0.25, 0.3) is 0 Å². The van der Waals surface area contributed by atoms with Crippen LogP contribution in [0.3, 0.4) is 0 Å². The molecule has 0 aromatic heterocycles. The van der Waals surface area contributed by atoms with Gasteiger partial charge in [-0.3, -0.25) is 33.6 Å². The summed E-state index contributed by atoms with van der Waals surface area (Å²) in [6.45, 7) is 1.30. The number of carbonyl (C=O) groups is 8. The molecule has 0 spiro atoms. The first-order chi connectivity index (χ1) is 20.7. The number of rotatable bonds is 17. The van der Waals surface area contributed by atoms with E-state index < -0.39 is 96.7 Å². The normalized spacial score (nSPS) is 20.5. The van der Waals surface area contributed by atoms with E-state index in [9.17, 15) is 48.6 Å². The van der Waals surface area contributed by atoms with Gasteiger partial charge in [0.2, 0.25) is 35.4 Å². The summed E-state index contributed by atoms with van der Waals surface area (Å²) >= 11 is 0. The van der Waals surface area contributed by atoms with Gasteiger partial charge in [0.05, 0.1) is 18.7 Å². The molecule has 246 valence electrons. The number of nitrogens with two attached hydrogens (primary N) is 1. The maximum Gasteiger partial charge on any atom is 0.326 e. The minimum atomic E-state index is -1.44. The summed E-state index contributed by atoms with van der Waals surface area (Å²) in [5.41, 5.74) is 5.06. The zero-order valence-electron chi connectivity index (χ0n) is 24.4. The minimum absolute atomic E-state index is 0.0672. The Balaban J connectivity index is 2.04. The van der Waals surface area contributed by atoms with Crippen molar-refractivity contribution in [3.8, 4) is 0 Å². The summed E-state index contributed by atoms with van der Waals surface area (Å²) < 4.78 is 0. The lowest BCUT2D eigenvalue weighted by atomic mass is 10.1. The number of hydrogen-bond donors (Lipinski definition) is 9. The summed E-state index contributed by atoms with van der Waals surface area (Å²) in [5, 5.41) is 40.9. The van der Waals surface area contributed by atoms with E-state index >= 15 is 0 Å². The second kappa shape index (κ2) is 17.1. The predicted molar refractivity (Wildman–Crippen MR) is 149 cm³/mol. The maximum atomic E-state index is 13.4. The molecule has 0 bridgehead atoms. The molecule has 44 heavy (non-hydrogen) atoms. The number of carboxylic acid groups (broad SMARTS) is 2. The fourth-order valence-corrected chi connectivity index (χ4v) is 4.93. The molecule has 18 heteroatoms. The van der Waals surface area contributed by atoms with Gasteiger partial charge in [-0.1, -0.05) is 0 Å². The van der Waals surface area contributed by atoms with Gasteiger partial charge in [-0.2, -0.15) is 0 Å². The molecule has 0 aromatic rings. The molecule has 0 aromatic carbocycles. The molecule has 0 radical (unpaired) electrons. The van der Waals surface area contributed by atoms with Crippen molar-refractivity contribution in [1.82, 2.24) is 31.5 Å². The fraction of sp³-hybridized carbons (Fsp3) is 0.692. The SMILES string of the molecule is C[C@@H](O)[C@H](NC(=O)[C@@H]1CCCN1)C(=O)NCC(=O)N[C@@H](CCC(=O)O)C(=O)N1CCC[C@H]1C(=O)N[C@@H](CCC(N)=O)C(=O)O. The van der Waals surface area contributed by atoms with Gasteiger partial charge in [-0.05, 0) is 52.0 Å². The van der Waals surface area contributed by atoms with Crippen LogP contribution < -0.4 is 32.3 Å². The quantitative estimate of drug-likeness (QED) is 0.0744. The lowest BCUT2D eigenvalue weighted by Gasteiger charge is -2.29. The molecule has 0 saturated carbocycles. The Hall–Kier alpha value is -4.32. The van der Waals surface area contributed by atoms with E-state index in [1.807, 2.05) is 0 Å². The van der Waals surface area contributed by atoms with Crippen LogP contribution in [0.25, 0.3) is 0 Å². The van der Waals surface area contributed by atoms with E-state index in [1.54, 1.807) is 0 Å². The first-order valence-electron chi connectivity index (χ1n) is 14.3. The molecule has 2 fully saturated rings. The Kier molecular flexibility index (Phi) is 13.9. The second-order valence-electron chi connectivity index (χ2n) is 10.7. The number of carbonyl (C=O) groups excluding carboxylic acids is 6. The summed E-state index contributed by atoms with van der Waals surface area (Å²) in [6.07, 6.45) is -0.882. The largest absolute Gasteiger partial charge is 0.481 e. The van der Waals surface area contributed by atoms with Gasteiger partial charge in [-0.15, -0.1) is 0 Å². The molecule has 6 amide bonds. The number of aliphatic carboxylic acids is 2. The molecule has 0 unspecified atom stereocenters. The van der Waals surface area contributed by atoms with Gasteiger partial charge in [-0.25, -0.2) is 4.79 Å². The summed E-state index contributed by atoms with van der Waals surface area (Å²) in [5.74, 6) is -7.25. The third-order valence-electron chi connectivity index (χ3n) is 7.28. The number of nitrogens with zero attached hydrogens (tertiary/aromatic N) is 1. The zero-order chi connectivity index (χ0) is 33.0. The standard InChI is InChI=1S/C26H41N7O11/c1-13(34)21(32-22(39)14-4-2-10-28-14)24(41)29-12-19(36)30-15(7-9-20(37)38)25(42)33-11-3-5-17(33)23(40)31-16(26(43)44)6-8-18(27)35/h13-17,21,28,34H,2-12H2,1H3,(H2,27,35)(H,29,41)(H,30,36)(H,31,40)(H,32,39)(H,37,38)(H,43,44)/t13-,14+,15+,16+,17+,21+/m1/s1. The number of carboxylic acids is 2. The van der Waals surface area contributed by atoms with E-state index in [-0.39, 0.29) is 32.2 Å². The highest BCUT2D eigenvalue weighted by Crippen LogP contribution is 2.20. The van der Waals surface area contributed by atoms with Crippen molar-refractivity contribution in [3.63, 3.8) is 0 Å². The van der Waals surface area contributed by atoms with Crippen molar-refractivity contribution in [3.05, 3.63) is 0 Å². The van der Waals surface area contributed by atoms with Crippen LogP contribution in [-0.4, -0.2) is 124 Å². The lowest BCUT2D eigenvalue weighted by Crippen LogP contribution is -2.58. The van der Waals surface area contributed by atoms with Crippen molar-refractivity contribution in [2.75, 3.05) is 19.6 Å². The predicted octanol–water partition coefficient (Wildman–Crippen LogP) is -4.10. The highest BCUT2D eigenvalue weighted by Gasteiger charge is 2.39. The molecule has 10 N–H and O–H groups in total. The Morgan fingerprint density at radius 1 is 0.909 bits per heavy atom. The molecule has 2 saturated heterocycles. The molecule has 2 aliphatic heterocycles. The fourth-order valence-electron chi connectivity index (χ4n) is 4.93. The number of amides is 6. The van der Waals surface area contributed by atoms with Gasteiger partial charge >= 0.3 is 11.9 Å². The minimum Gasteiger partial charge on any atom is -0.481 e. The highest BCUT2D eigenvalue weighted by atomic mass is 16.4. The van der Waals surface area contributed by atoms with Crippen molar-refractivity contribution in [1.29, 1.82) is 0 Å². The average molecular weight is 628 g/mol. The Morgan fingerprint density at radius 3 is 2.16 bits per heavy atom. The van der Waals surface area contributed by atoms with Crippen LogP contribution >= 0.6 is 0 Å². The van der Waals surface area contributed by atoms with Gasteiger partial charge < -0.3 is 52.5 Å². The highest BCUT2D eigenvalue weighted by molar-refractivity contribution is 5.96. The van der Waals surface area contributed by atoms with Crippen molar-refractivity contribution in [2.24, 2.45) is 5.73 Å². The van der Waals surface area contributed by atoms with Crippen molar-refractivity contribution in [2.45, 2.75) is 94.6 Å². The molecular weight excluding hydrogens is 586 g/mol. The number of aliphatic hydroxyl groups excluding tert-OH is 1. The zero-order valence-corrected chi connectivity index (χ0v) is 24.4. The van der Waals surface area contributed by atoms with Gasteiger partial charge in [0.15, 0.2) is 0 Å². The summed E-state index contributed by atoms with van der Waals surface area (Å²) in [4.78, 5) is 99.1. The Morgan fingerprint density at radius 2 is 1.59 bits per heavy atom.